The van der Waals surface area contributed by atoms with Crippen molar-refractivity contribution in [2.75, 3.05) is 53.5 Å². The molecule has 1 amide bonds. The molecular formula is C13H22F3N3O2. The monoisotopic (exact) mass is 309 g/mol. The second kappa shape index (κ2) is 8.35. The van der Waals surface area contributed by atoms with Gasteiger partial charge in [0, 0.05) is 32.3 Å². The molecule has 0 saturated carbocycles. The molecule has 1 heterocycles. The number of ether oxygens (including phenoxy) is 1. The largest absolute Gasteiger partial charge is 0.405 e. The molecule has 0 radical (unpaired) electrons. The fraction of sp³-hybridized carbons (Fsp3) is 0.769. The highest BCUT2D eigenvalue weighted by molar-refractivity contribution is 5.87. The summed E-state index contributed by atoms with van der Waals surface area (Å²) in [6.45, 7) is 1.10. The van der Waals surface area contributed by atoms with E-state index in [9.17, 15) is 18.0 Å². The summed E-state index contributed by atoms with van der Waals surface area (Å²) in [7, 11) is 3.67. The third kappa shape index (κ3) is 6.92. The zero-order valence-corrected chi connectivity index (χ0v) is 12.3. The van der Waals surface area contributed by atoms with Crippen LogP contribution in [0.4, 0.5) is 13.2 Å². The van der Waals surface area contributed by atoms with Crippen molar-refractivity contribution in [3.63, 3.8) is 0 Å². The van der Waals surface area contributed by atoms with E-state index in [2.05, 4.69) is 5.32 Å². The second-order valence-corrected chi connectivity index (χ2v) is 5.12. The Bertz CT molecular complexity index is 353. The zero-order chi connectivity index (χ0) is 15.9. The van der Waals surface area contributed by atoms with Gasteiger partial charge in [0.05, 0.1) is 13.2 Å². The van der Waals surface area contributed by atoms with Crippen molar-refractivity contribution in [3.8, 4) is 0 Å². The van der Waals surface area contributed by atoms with Gasteiger partial charge in [-0.25, -0.2) is 0 Å². The first-order valence-electron chi connectivity index (χ1n) is 6.78. The number of hydrogen-bond donors (Lipinski definition) is 1. The van der Waals surface area contributed by atoms with Crippen molar-refractivity contribution < 1.29 is 22.7 Å². The van der Waals surface area contributed by atoms with Gasteiger partial charge in [0.2, 0.25) is 5.91 Å². The van der Waals surface area contributed by atoms with E-state index in [1.165, 1.54) is 11.0 Å². The Kier molecular flexibility index (Phi) is 7.13. The predicted molar refractivity (Wildman–Crippen MR) is 72.9 cm³/mol. The van der Waals surface area contributed by atoms with Crippen molar-refractivity contribution in [1.82, 2.24) is 15.1 Å². The van der Waals surface area contributed by atoms with E-state index in [1.807, 2.05) is 19.0 Å². The number of morpholine rings is 1. The molecule has 8 heteroatoms. The smallest absolute Gasteiger partial charge is 0.379 e. The van der Waals surface area contributed by atoms with Crippen molar-refractivity contribution in [2.45, 2.75) is 12.2 Å². The van der Waals surface area contributed by atoms with Crippen LogP contribution in [-0.2, 0) is 9.53 Å². The fourth-order valence-electron chi connectivity index (χ4n) is 1.97. The first-order chi connectivity index (χ1) is 9.80. The molecule has 1 N–H and O–H groups in total. The number of likely N-dealkylation sites (N-methyl/N-ethyl adjacent to an activating group) is 1. The standard InChI is InChI=1S/C13H22F3N3O2/c1-18(2)5-3-4-12(20)17-10-11(13(14,15)16)19-6-8-21-9-7-19/h3-4,11H,5-10H2,1-2H3,(H,17,20)/b4-3+. The van der Waals surface area contributed by atoms with Crippen LogP contribution in [0.3, 0.4) is 0 Å². The maximum absolute atomic E-state index is 13.1. The zero-order valence-electron chi connectivity index (χ0n) is 12.3. The van der Waals surface area contributed by atoms with Crippen molar-refractivity contribution >= 4 is 5.91 Å². The number of rotatable bonds is 6. The van der Waals surface area contributed by atoms with E-state index in [1.54, 1.807) is 6.08 Å². The Balaban J connectivity index is 2.49. The van der Waals surface area contributed by atoms with E-state index in [4.69, 9.17) is 4.74 Å². The highest BCUT2D eigenvalue weighted by atomic mass is 19.4. The van der Waals surface area contributed by atoms with Crippen molar-refractivity contribution in [3.05, 3.63) is 12.2 Å². The lowest BCUT2D eigenvalue weighted by molar-refractivity contribution is -0.190. The lowest BCUT2D eigenvalue weighted by atomic mass is 10.2. The van der Waals surface area contributed by atoms with Crippen LogP contribution in [0.2, 0.25) is 0 Å². The van der Waals surface area contributed by atoms with E-state index < -0.39 is 24.7 Å². The molecule has 1 rings (SSSR count). The highest BCUT2D eigenvalue weighted by Crippen LogP contribution is 2.25. The number of amides is 1. The van der Waals surface area contributed by atoms with Gasteiger partial charge >= 0.3 is 6.18 Å². The molecule has 1 fully saturated rings. The molecule has 0 spiro atoms. The average molecular weight is 309 g/mol. The van der Waals surface area contributed by atoms with Crippen LogP contribution < -0.4 is 5.32 Å². The Morgan fingerprint density at radius 2 is 2.00 bits per heavy atom. The third-order valence-electron chi connectivity index (χ3n) is 3.07. The minimum Gasteiger partial charge on any atom is -0.379 e. The Morgan fingerprint density at radius 1 is 1.38 bits per heavy atom. The summed E-state index contributed by atoms with van der Waals surface area (Å²) in [5, 5.41) is 2.31. The van der Waals surface area contributed by atoms with Gasteiger partial charge in [-0.15, -0.1) is 0 Å². The van der Waals surface area contributed by atoms with Gasteiger partial charge in [0.1, 0.15) is 6.04 Å². The number of carbonyl (C=O) groups is 1. The Hall–Kier alpha value is -1.12. The van der Waals surface area contributed by atoms with Crippen LogP contribution in [0, 0.1) is 0 Å². The normalized spacial score (nSPS) is 19.1. The molecule has 1 aliphatic heterocycles. The van der Waals surface area contributed by atoms with Gasteiger partial charge in [0.15, 0.2) is 0 Å². The molecule has 21 heavy (non-hydrogen) atoms. The van der Waals surface area contributed by atoms with Gasteiger partial charge in [0.25, 0.3) is 0 Å². The molecule has 1 saturated heterocycles. The van der Waals surface area contributed by atoms with Gasteiger partial charge in [-0.05, 0) is 14.1 Å². The molecule has 0 bridgehead atoms. The van der Waals surface area contributed by atoms with E-state index >= 15 is 0 Å². The summed E-state index contributed by atoms with van der Waals surface area (Å²) in [6.07, 6.45) is -1.52. The highest BCUT2D eigenvalue weighted by Gasteiger charge is 2.43. The van der Waals surface area contributed by atoms with Crippen LogP contribution in [0.15, 0.2) is 12.2 Å². The molecule has 1 unspecified atom stereocenters. The summed E-state index contributed by atoms with van der Waals surface area (Å²) >= 11 is 0. The number of alkyl halides is 3. The maximum Gasteiger partial charge on any atom is 0.405 e. The summed E-state index contributed by atoms with van der Waals surface area (Å²) in [6, 6.07) is -1.67. The molecule has 1 atom stereocenters. The first kappa shape index (κ1) is 17.9. The fourth-order valence-corrected chi connectivity index (χ4v) is 1.97. The average Bonchev–Trinajstić information content (AvgIpc) is 2.38. The summed E-state index contributed by atoms with van der Waals surface area (Å²) in [4.78, 5) is 14.7. The predicted octanol–water partition coefficient (Wildman–Crippen LogP) is 0.484. The molecule has 0 aromatic carbocycles. The van der Waals surface area contributed by atoms with Crippen molar-refractivity contribution in [1.29, 1.82) is 0 Å². The minimum absolute atomic E-state index is 0.219. The third-order valence-corrected chi connectivity index (χ3v) is 3.07. The number of nitrogens with one attached hydrogen (secondary N) is 1. The van der Waals surface area contributed by atoms with Gasteiger partial charge in [-0.2, -0.15) is 13.2 Å². The summed E-state index contributed by atoms with van der Waals surface area (Å²) in [5.41, 5.74) is 0. The Labute approximate surface area is 122 Å². The molecule has 0 aromatic rings. The van der Waals surface area contributed by atoms with Crippen LogP contribution >= 0.6 is 0 Å². The van der Waals surface area contributed by atoms with Crippen molar-refractivity contribution in [2.24, 2.45) is 0 Å². The first-order valence-corrected chi connectivity index (χ1v) is 6.78. The molecule has 122 valence electrons. The second-order valence-electron chi connectivity index (χ2n) is 5.12. The van der Waals surface area contributed by atoms with Gasteiger partial charge < -0.3 is 15.0 Å². The summed E-state index contributed by atoms with van der Waals surface area (Å²) < 4.78 is 44.2. The minimum atomic E-state index is -4.38. The van der Waals surface area contributed by atoms with Gasteiger partial charge in [-0.3, -0.25) is 9.69 Å². The lowest BCUT2D eigenvalue weighted by Crippen LogP contribution is -2.55. The van der Waals surface area contributed by atoms with E-state index in [0.29, 0.717) is 6.54 Å². The molecular weight excluding hydrogens is 287 g/mol. The van der Waals surface area contributed by atoms with Crippen LogP contribution in [0.1, 0.15) is 0 Å². The molecule has 1 aliphatic rings. The molecule has 0 aromatic heterocycles. The topological polar surface area (TPSA) is 44.8 Å². The van der Waals surface area contributed by atoms with Crippen LogP contribution in [0.25, 0.3) is 0 Å². The lowest BCUT2D eigenvalue weighted by Gasteiger charge is -2.35. The van der Waals surface area contributed by atoms with E-state index in [0.717, 1.165) is 0 Å². The van der Waals surface area contributed by atoms with E-state index in [-0.39, 0.29) is 26.3 Å². The number of nitrogens with zero attached hydrogens (tertiary/aromatic N) is 2. The Morgan fingerprint density at radius 3 is 2.52 bits per heavy atom. The number of carbonyl (C=O) groups excluding carboxylic acids is 1. The maximum atomic E-state index is 13.1. The van der Waals surface area contributed by atoms with Gasteiger partial charge in [-0.1, -0.05) is 6.08 Å². The quantitative estimate of drug-likeness (QED) is 0.725. The SMILES string of the molecule is CN(C)C/C=C/C(=O)NCC(N1CCOCC1)C(F)(F)F. The molecule has 0 aliphatic carbocycles. The van der Waals surface area contributed by atoms with Crippen LogP contribution in [-0.4, -0.2) is 81.4 Å². The number of hydrogen-bond acceptors (Lipinski definition) is 4. The number of halogens is 3. The molecule has 5 nitrogen and oxygen atoms in total. The summed E-state index contributed by atoms with van der Waals surface area (Å²) in [5.74, 6) is -0.514. The van der Waals surface area contributed by atoms with Crippen LogP contribution in [0.5, 0.6) is 0 Å².